The summed E-state index contributed by atoms with van der Waals surface area (Å²) in [6.45, 7) is 5.50. The third-order valence-corrected chi connectivity index (χ3v) is 4.34. The van der Waals surface area contributed by atoms with Gasteiger partial charge in [0.15, 0.2) is 0 Å². The lowest BCUT2D eigenvalue weighted by atomic mass is 9.89. The van der Waals surface area contributed by atoms with E-state index in [9.17, 15) is 0 Å². The fraction of sp³-hybridized carbons (Fsp3) is 0.238. The molecule has 2 aromatic heterocycles. The molecule has 3 heteroatoms. The van der Waals surface area contributed by atoms with Crippen LogP contribution in [0, 0.1) is 17.3 Å². The van der Waals surface area contributed by atoms with E-state index in [0.717, 1.165) is 35.3 Å². The summed E-state index contributed by atoms with van der Waals surface area (Å²) in [7, 11) is 0. The Bertz CT molecular complexity index is 926. The molecule has 3 nitrogen and oxygen atoms in total. The predicted molar refractivity (Wildman–Crippen MR) is 95.4 cm³/mol. The lowest BCUT2D eigenvalue weighted by Crippen LogP contribution is -2.13. The van der Waals surface area contributed by atoms with Gasteiger partial charge in [-0.3, -0.25) is 9.67 Å². The number of rotatable bonds is 1. The molecule has 0 amide bonds. The molecular weight excluding hydrogens is 294 g/mol. The van der Waals surface area contributed by atoms with Crippen molar-refractivity contribution in [1.29, 1.82) is 0 Å². The van der Waals surface area contributed by atoms with Crippen molar-refractivity contribution in [1.82, 2.24) is 14.8 Å². The van der Waals surface area contributed by atoms with Crippen LogP contribution >= 0.6 is 0 Å². The van der Waals surface area contributed by atoms with Crippen LogP contribution in [0.3, 0.4) is 0 Å². The molecule has 0 saturated carbocycles. The Morgan fingerprint density at radius 3 is 2.50 bits per heavy atom. The van der Waals surface area contributed by atoms with Gasteiger partial charge in [-0.1, -0.05) is 43.9 Å². The summed E-state index contributed by atoms with van der Waals surface area (Å²) in [5, 5.41) is 4.86. The second kappa shape index (κ2) is 5.65. The number of nitrogens with zero attached hydrogens (tertiary/aromatic N) is 3. The van der Waals surface area contributed by atoms with Crippen LogP contribution in [0.1, 0.15) is 30.7 Å². The summed E-state index contributed by atoms with van der Waals surface area (Å²) < 4.78 is 2.13. The molecule has 0 spiro atoms. The summed E-state index contributed by atoms with van der Waals surface area (Å²) in [6.07, 6.45) is 4.61. The SMILES string of the molecule is CC1(C)Cc2c(C#Cc3ccccc3)c(-c3ccncc3)nn2C1. The third-order valence-electron chi connectivity index (χ3n) is 4.34. The Hall–Kier alpha value is -2.86. The quantitative estimate of drug-likeness (QED) is 0.637. The average molecular weight is 313 g/mol. The van der Waals surface area contributed by atoms with E-state index < -0.39 is 0 Å². The Morgan fingerprint density at radius 1 is 1.00 bits per heavy atom. The van der Waals surface area contributed by atoms with Gasteiger partial charge in [-0.15, -0.1) is 0 Å². The lowest BCUT2D eigenvalue weighted by molar-refractivity contribution is 0.347. The molecule has 0 fully saturated rings. The lowest BCUT2D eigenvalue weighted by Gasteiger charge is -2.14. The molecule has 0 bridgehead atoms. The van der Waals surface area contributed by atoms with Gasteiger partial charge in [0.1, 0.15) is 5.69 Å². The van der Waals surface area contributed by atoms with E-state index in [-0.39, 0.29) is 5.41 Å². The van der Waals surface area contributed by atoms with Crippen LogP contribution in [0.25, 0.3) is 11.3 Å². The summed E-state index contributed by atoms with van der Waals surface area (Å²) in [4.78, 5) is 4.11. The van der Waals surface area contributed by atoms with Crippen LogP contribution in [-0.4, -0.2) is 14.8 Å². The van der Waals surface area contributed by atoms with E-state index in [1.165, 1.54) is 5.69 Å². The standard InChI is InChI=1S/C21H19N3/c1-21(2)14-19-18(9-8-16-6-4-3-5-7-16)20(23-24(19)15-21)17-10-12-22-13-11-17/h3-7,10-13H,14-15H2,1-2H3. The van der Waals surface area contributed by atoms with E-state index >= 15 is 0 Å². The number of benzene rings is 1. The normalized spacial score (nSPS) is 14.8. The fourth-order valence-electron chi connectivity index (χ4n) is 3.22. The summed E-state index contributed by atoms with van der Waals surface area (Å²) in [5.41, 5.74) is 5.59. The van der Waals surface area contributed by atoms with Gasteiger partial charge >= 0.3 is 0 Å². The average Bonchev–Trinajstić information content (AvgIpc) is 3.06. The van der Waals surface area contributed by atoms with E-state index in [1.807, 2.05) is 42.5 Å². The Labute approximate surface area is 142 Å². The molecule has 1 aliphatic heterocycles. The maximum atomic E-state index is 4.86. The van der Waals surface area contributed by atoms with Gasteiger partial charge in [-0.05, 0) is 36.1 Å². The van der Waals surface area contributed by atoms with Crippen molar-refractivity contribution in [3.8, 4) is 23.1 Å². The molecule has 0 saturated heterocycles. The largest absolute Gasteiger partial charge is 0.267 e. The highest BCUT2D eigenvalue weighted by molar-refractivity contribution is 5.69. The van der Waals surface area contributed by atoms with E-state index in [1.54, 1.807) is 12.4 Å². The van der Waals surface area contributed by atoms with Gasteiger partial charge in [-0.25, -0.2) is 0 Å². The molecule has 118 valence electrons. The van der Waals surface area contributed by atoms with Crippen molar-refractivity contribution in [3.05, 3.63) is 71.7 Å². The first-order valence-electron chi connectivity index (χ1n) is 8.20. The first-order valence-corrected chi connectivity index (χ1v) is 8.20. The minimum Gasteiger partial charge on any atom is -0.267 e. The first kappa shape index (κ1) is 14.7. The number of hydrogen-bond acceptors (Lipinski definition) is 2. The molecule has 0 N–H and O–H groups in total. The van der Waals surface area contributed by atoms with Crippen molar-refractivity contribution >= 4 is 0 Å². The van der Waals surface area contributed by atoms with Crippen LogP contribution in [-0.2, 0) is 13.0 Å². The minimum atomic E-state index is 0.238. The topological polar surface area (TPSA) is 30.7 Å². The number of hydrogen-bond donors (Lipinski definition) is 0. The zero-order valence-corrected chi connectivity index (χ0v) is 14.0. The summed E-state index contributed by atoms with van der Waals surface area (Å²) in [6, 6.07) is 14.1. The smallest absolute Gasteiger partial charge is 0.108 e. The van der Waals surface area contributed by atoms with Gasteiger partial charge in [-0.2, -0.15) is 5.10 Å². The molecule has 3 heterocycles. The third kappa shape index (κ3) is 2.72. The molecule has 1 aromatic carbocycles. The molecule has 0 aliphatic carbocycles. The van der Waals surface area contributed by atoms with Crippen molar-refractivity contribution < 1.29 is 0 Å². The number of aromatic nitrogens is 3. The van der Waals surface area contributed by atoms with Gasteiger partial charge in [0.05, 0.1) is 11.3 Å². The second-order valence-corrected chi connectivity index (χ2v) is 7.02. The molecule has 0 atom stereocenters. The van der Waals surface area contributed by atoms with Gasteiger partial charge < -0.3 is 0 Å². The maximum absolute atomic E-state index is 4.86. The molecule has 0 unspecified atom stereocenters. The molecule has 4 rings (SSSR count). The van der Waals surface area contributed by atoms with Crippen molar-refractivity contribution in [3.63, 3.8) is 0 Å². The van der Waals surface area contributed by atoms with Gasteiger partial charge in [0.25, 0.3) is 0 Å². The van der Waals surface area contributed by atoms with Crippen LogP contribution in [0.2, 0.25) is 0 Å². The Kier molecular flexibility index (Phi) is 3.46. The van der Waals surface area contributed by atoms with E-state index in [0.29, 0.717) is 0 Å². The van der Waals surface area contributed by atoms with Crippen molar-refractivity contribution in [2.45, 2.75) is 26.8 Å². The first-order chi connectivity index (χ1) is 11.6. The second-order valence-electron chi connectivity index (χ2n) is 7.02. The van der Waals surface area contributed by atoms with Crippen LogP contribution in [0.4, 0.5) is 0 Å². The van der Waals surface area contributed by atoms with Gasteiger partial charge in [0.2, 0.25) is 0 Å². The highest BCUT2D eigenvalue weighted by atomic mass is 15.3. The van der Waals surface area contributed by atoms with Crippen molar-refractivity contribution in [2.24, 2.45) is 5.41 Å². The van der Waals surface area contributed by atoms with Crippen LogP contribution in [0.5, 0.6) is 0 Å². The molecular formula is C21H19N3. The number of pyridine rings is 1. The molecule has 24 heavy (non-hydrogen) atoms. The minimum absolute atomic E-state index is 0.238. The fourth-order valence-corrected chi connectivity index (χ4v) is 3.22. The summed E-state index contributed by atoms with van der Waals surface area (Å²) in [5.74, 6) is 6.69. The highest BCUT2D eigenvalue weighted by Gasteiger charge is 2.33. The maximum Gasteiger partial charge on any atom is 0.108 e. The Morgan fingerprint density at radius 2 is 1.75 bits per heavy atom. The highest BCUT2D eigenvalue weighted by Crippen LogP contribution is 2.36. The van der Waals surface area contributed by atoms with Crippen LogP contribution in [0.15, 0.2) is 54.9 Å². The van der Waals surface area contributed by atoms with E-state index in [4.69, 9.17) is 5.10 Å². The molecule has 1 aliphatic rings. The molecule has 3 aromatic rings. The van der Waals surface area contributed by atoms with E-state index in [2.05, 4.69) is 35.4 Å². The zero-order chi connectivity index (χ0) is 16.6. The van der Waals surface area contributed by atoms with Gasteiger partial charge in [0, 0.05) is 30.1 Å². The van der Waals surface area contributed by atoms with Crippen molar-refractivity contribution in [2.75, 3.05) is 0 Å². The Balaban J connectivity index is 1.84. The number of fused-ring (bicyclic) bond motifs is 1. The zero-order valence-electron chi connectivity index (χ0n) is 14.0. The van der Waals surface area contributed by atoms with Crippen LogP contribution < -0.4 is 0 Å². The predicted octanol–water partition coefficient (Wildman–Crippen LogP) is 3.93. The monoisotopic (exact) mass is 313 g/mol. The molecule has 0 radical (unpaired) electrons. The summed E-state index contributed by atoms with van der Waals surface area (Å²) >= 11 is 0.